The molecule has 0 atom stereocenters. The molecule has 0 aliphatic carbocycles. The fourth-order valence-electron chi connectivity index (χ4n) is 1.30. The van der Waals surface area contributed by atoms with Crippen LogP contribution in [0.15, 0.2) is 12.3 Å². The normalized spacial score (nSPS) is 14.3. The van der Waals surface area contributed by atoms with Crippen LogP contribution in [-0.2, 0) is 13.0 Å². The van der Waals surface area contributed by atoms with Gasteiger partial charge in [0, 0.05) is 24.7 Å². The molecule has 0 amide bonds. The summed E-state index contributed by atoms with van der Waals surface area (Å²) in [6.45, 7) is 1.28. The topological polar surface area (TPSA) is 48.1 Å². The number of nitrogens with two attached hydrogens (primary N) is 1. The van der Waals surface area contributed by atoms with E-state index < -0.39 is 0 Å². The van der Waals surface area contributed by atoms with Gasteiger partial charge in [-0.25, -0.2) is 0 Å². The lowest BCUT2D eigenvalue weighted by Crippen LogP contribution is -1.99. The zero-order chi connectivity index (χ0) is 7.68. The molecule has 11 heavy (non-hydrogen) atoms. The van der Waals surface area contributed by atoms with Gasteiger partial charge < -0.3 is 10.5 Å². The Morgan fingerprint density at radius 2 is 2.55 bits per heavy atom. The molecule has 1 aliphatic heterocycles. The fourth-order valence-corrected chi connectivity index (χ4v) is 1.30. The molecule has 2 heterocycles. The van der Waals surface area contributed by atoms with Crippen LogP contribution in [0.3, 0.4) is 0 Å². The smallest absolute Gasteiger partial charge is 0.145 e. The quantitative estimate of drug-likeness (QED) is 0.633. The number of fused-ring (bicyclic) bond motifs is 1. The van der Waals surface area contributed by atoms with Crippen molar-refractivity contribution in [1.29, 1.82) is 0 Å². The standard InChI is InChI=1S/C8H10N2O/c9-5-6-1-3-10-7-2-4-11-8(6)7/h1,3H,2,4-5,9H2. The highest BCUT2D eigenvalue weighted by Gasteiger charge is 2.15. The minimum atomic E-state index is 0.533. The van der Waals surface area contributed by atoms with Gasteiger partial charge in [-0.05, 0) is 6.07 Å². The van der Waals surface area contributed by atoms with E-state index in [1.165, 1.54) is 0 Å². The molecule has 0 aromatic carbocycles. The molecule has 0 unspecified atom stereocenters. The van der Waals surface area contributed by atoms with E-state index >= 15 is 0 Å². The van der Waals surface area contributed by atoms with E-state index in [1.54, 1.807) is 6.20 Å². The Hall–Kier alpha value is -1.09. The summed E-state index contributed by atoms with van der Waals surface area (Å²) >= 11 is 0. The molecule has 0 bridgehead atoms. The van der Waals surface area contributed by atoms with Crippen LogP contribution in [0.5, 0.6) is 5.75 Å². The highest BCUT2D eigenvalue weighted by atomic mass is 16.5. The van der Waals surface area contributed by atoms with Crippen LogP contribution in [0, 0.1) is 0 Å². The third kappa shape index (κ3) is 0.973. The minimum Gasteiger partial charge on any atom is -0.491 e. The Kier molecular flexibility index (Phi) is 1.51. The minimum absolute atomic E-state index is 0.533. The molecule has 2 N–H and O–H groups in total. The largest absolute Gasteiger partial charge is 0.491 e. The van der Waals surface area contributed by atoms with Gasteiger partial charge in [0.25, 0.3) is 0 Å². The summed E-state index contributed by atoms with van der Waals surface area (Å²) in [5.74, 6) is 0.912. The predicted octanol–water partition coefficient (Wildman–Crippen LogP) is 0.475. The summed E-state index contributed by atoms with van der Waals surface area (Å²) in [5, 5.41) is 0. The van der Waals surface area contributed by atoms with E-state index in [0.717, 1.165) is 30.0 Å². The molecule has 1 aromatic rings. The third-order valence-corrected chi connectivity index (χ3v) is 1.87. The number of nitrogens with zero attached hydrogens (tertiary/aromatic N) is 1. The molecule has 3 nitrogen and oxygen atoms in total. The second kappa shape index (κ2) is 2.51. The number of ether oxygens (including phenoxy) is 1. The number of rotatable bonds is 1. The molecule has 0 fully saturated rings. The van der Waals surface area contributed by atoms with Crippen LogP contribution in [-0.4, -0.2) is 11.6 Å². The first-order valence-corrected chi connectivity index (χ1v) is 3.71. The SMILES string of the molecule is NCc1ccnc2c1OCC2. The Morgan fingerprint density at radius 1 is 1.64 bits per heavy atom. The molecular formula is C8H10N2O. The Morgan fingerprint density at radius 3 is 3.36 bits per heavy atom. The molecule has 3 heteroatoms. The van der Waals surface area contributed by atoms with Crippen molar-refractivity contribution >= 4 is 0 Å². The molecule has 0 spiro atoms. The lowest BCUT2D eigenvalue weighted by molar-refractivity contribution is 0.353. The average Bonchev–Trinajstić information content (AvgIpc) is 2.50. The molecule has 2 rings (SSSR count). The maximum absolute atomic E-state index is 5.52. The number of hydrogen-bond donors (Lipinski definition) is 1. The van der Waals surface area contributed by atoms with Gasteiger partial charge in [0.15, 0.2) is 0 Å². The van der Waals surface area contributed by atoms with Gasteiger partial charge in [-0.1, -0.05) is 0 Å². The first-order chi connectivity index (χ1) is 5.42. The summed E-state index contributed by atoms with van der Waals surface area (Å²) < 4.78 is 5.38. The van der Waals surface area contributed by atoms with Gasteiger partial charge in [-0.15, -0.1) is 0 Å². The van der Waals surface area contributed by atoms with Gasteiger partial charge in [0.2, 0.25) is 0 Å². The van der Waals surface area contributed by atoms with Gasteiger partial charge in [-0.2, -0.15) is 0 Å². The van der Waals surface area contributed by atoms with Crippen molar-refractivity contribution in [2.45, 2.75) is 13.0 Å². The van der Waals surface area contributed by atoms with Gasteiger partial charge in [0.05, 0.1) is 12.3 Å². The van der Waals surface area contributed by atoms with Crippen molar-refractivity contribution in [3.05, 3.63) is 23.5 Å². The summed E-state index contributed by atoms with van der Waals surface area (Å²) in [5.41, 5.74) is 7.63. The third-order valence-electron chi connectivity index (χ3n) is 1.87. The van der Waals surface area contributed by atoms with Crippen LogP contribution in [0.2, 0.25) is 0 Å². The first kappa shape index (κ1) is 6.61. The van der Waals surface area contributed by atoms with Gasteiger partial charge in [-0.3, -0.25) is 4.98 Å². The molecule has 1 aliphatic rings. The second-order valence-electron chi connectivity index (χ2n) is 2.55. The Bertz CT molecular complexity index is 273. The van der Waals surface area contributed by atoms with Crippen molar-refractivity contribution in [3.8, 4) is 5.75 Å². The maximum Gasteiger partial charge on any atom is 0.145 e. The molecule has 0 radical (unpaired) electrons. The number of pyridine rings is 1. The van der Waals surface area contributed by atoms with E-state index in [4.69, 9.17) is 10.5 Å². The van der Waals surface area contributed by atoms with E-state index in [-0.39, 0.29) is 0 Å². The summed E-state index contributed by atoms with van der Waals surface area (Å²) in [7, 11) is 0. The number of hydrogen-bond acceptors (Lipinski definition) is 3. The van der Waals surface area contributed by atoms with Crippen molar-refractivity contribution < 1.29 is 4.74 Å². The molecule has 0 saturated heterocycles. The zero-order valence-electron chi connectivity index (χ0n) is 6.21. The van der Waals surface area contributed by atoms with Crippen molar-refractivity contribution in [1.82, 2.24) is 4.98 Å². The van der Waals surface area contributed by atoms with Crippen molar-refractivity contribution in [3.63, 3.8) is 0 Å². The van der Waals surface area contributed by atoms with E-state index in [9.17, 15) is 0 Å². The van der Waals surface area contributed by atoms with Gasteiger partial charge >= 0.3 is 0 Å². The highest BCUT2D eigenvalue weighted by molar-refractivity contribution is 5.39. The van der Waals surface area contributed by atoms with E-state index in [2.05, 4.69) is 4.98 Å². The monoisotopic (exact) mass is 150 g/mol. The van der Waals surface area contributed by atoms with Gasteiger partial charge in [0.1, 0.15) is 5.75 Å². The van der Waals surface area contributed by atoms with Crippen molar-refractivity contribution in [2.75, 3.05) is 6.61 Å². The highest BCUT2D eigenvalue weighted by Crippen LogP contribution is 2.26. The summed E-state index contributed by atoms with van der Waals surface area (Å²) in [6.07, 6.45) is 2.71. The molecule has 0 saturated carbocycles. The predicted molar refractivity (Wildman–Crippen MR) is 41.3 cm³/mol. The van der Waals surface area contributed by atoms with Crippen LogP contribution in [0.4, 0.5) is 0 Å². The Labute approximate surface area is 65.2 Å². The van der Waals surface area contributed by atoms with Crippen molar-refractivity contribution in [2.24, 2.45) is 5.73 Å². The van der Waals surface area contributed by atoms with Crippen LogP contribution >= 0.6 is 0 Å². The average molecular weight is 150 g/mol. The maximum atomic E-state index is 5.52. The zero-order valence-corrected chi connectivity index (χ0v) is 6.21. The molecular weight excluding hydrogens is 140 g/mol. The lowest BCUT2D eigenvalue weighted by Gasteiger charge is -2.02. The Balaban J connectivity index is 2.50. The lowest BCUT2D eigenvalue weighted by atomic mass is 10.2. The first-order valence-electron chi connectivity index (χ1n) is 3.71. The summed E-state index contributed by atoms with van der Waals surface area (Å²) in [4.78, 5) is 4.19. The van der Waals surface area contributed by atoms with E-state index in [1.807, 2.05) is 6.07 Å². The fraction of sp³-hybridized carbons (Fsp3) is 0.375. The molecule has 58 valence electrons. The van der Waals surface area contributed by atoms with Crippen LogP contribution in [0.25, 0.3) is 0 Å². The van der Waals surface area contributed by atoms with Crippen LogP contribution < -0.4 is 10.5 Å². The number of aromatic nitrogens is 1. The summed E-state index contributed by atoms with van der Waals surface area (Å²) in [6, 6.07) is 1.91. The van der Waals surface area contributed by atoms with Crippen LogP contribution in [0.1, 0.15) is 11.3 Å². The van der Waals surface area contributed by atoms with E-state index in [0.29, 0.717) is 6.54 Å². The second-order valence-corrected chi connectivity index (χ2v) is 2.55. The molecule has 1 aromatic heterocycles.